The van der Waals surface area contributed by atoms with E-state index in [-0.39, 0.29) is 18.1 Å². The second-order valence-electron chi connectivity index (χ2n) is 6.32. The van der Waals surface area contributed by atoms with E-state index in [9.17, 15) is 13.2 Å². The molecule has 0 radical (unpaired) electrons. The summed E-state index contributed by atoms with van der Waals surface area (Å²) in [5.74, 6) is 0.883. The molecule has 1 N–H and O–H groups in total. The van der Waals surface area contributed by atoms with Crippen molar-refractivity contribution < 1.29 is 17.7 Å². The summed E-state index contributed by atoms with van der Waals surface area (Å²) in [5, 5.41) is 8.11. The number of fused-ring (bicyclic) bond motifs is 1. The number of aromatic nitrogens is 3. The number of carbonyl (C=O) groups is 1. The van der Waals surface area contributed by atoms with Crippen LogP contribution in [-0.2, 0) is 41.3 Å². The van der Waals surface area contributed by atoms with Crippen LogP contribution in [-0.4, -0.2) is 47.0 Å². The van der Waals surface area contributed by atoms with Gasteiger partial charge < -0.3 is 9.42 Å². The largest absolute Gasteiger partial charge is 0.361 e. The molecule has 0 aromatic carbocycles. The van der Waals surface area contributed by atoms with Crippen LogP contribution in [0.2, 0.25) is 0 Å². The molecule has 0 unspecified atom stereocenters. The Kier molecular flexibility index (Phi) is 4.31. The van der Waals surface area contributed by atoms with Gasteiger partial charge >= 0.3 is 0 Å². The van der Waals surface area contributed by atoms with Crippen molar-refractivity contribution >= 4 is 21.7 Å². The Hall–Kier alpha value is -2.36. The Balaban J connectivity index is 1.81. The summed E-state index contributed by atoms with van der Waals surface area (Å²) in [6.45, 7) is 4.48. The zero-order valence-corrected chi connectivity index (χ0v) is 15.5. The van der Waals surface area contributed by atoms with Gasteiger partial charge in [0.15, 0.2) is 5.82 Å². The van der Waals surface area contributed by atoms with Gasteiger partial charge in [-0.1, -0.05) is 5.16 Å². The van der Waals surface area contributed by atoms with E-state index in [4.69, 9.17) is 4.52 Å². The minimum Gasteiger partial charge on any atom is -0.361 e. The molecular weight excluding hydrogens is 346 g/mol. The standard InChI is InChI=1S/C15H21N5O4S/c1-9-11(10(2)24-17-9)7-14(21)20-6-5-13-12(8-20)15(16-19(13)3)18-25(4,22)23/h5-8H2,1-4H3,(H,16,18). The SMILES string of the molecule is Cc1noc(C)c1CC(=O)N1CCc2c(c(NS(C)(=O)=O)nn2C)C1. The van der Waals surface area contributed by atoms with Gasteiger partial charge in [-0.15, -0.1) is 0 Å². The fourth-order valence-electron chi connectivity index (χ4n) is 3.08. The molecule has 0 spiro atoms. The van der Waals surface area contributed by atoms with Gasteiger partial charge in [-0.2, -0.15) is 5.10 Å². The lowest BCUT2D eigenvalue weighted by Crippen LogP contribution is -2.37. The number of hydrogen-bond donors (Lipinski definition) is 1. The van der Waals surface area contributed by atoms with E-state index in [1.54, 1.807) is 23.6 Å². The van der Waals surface area contributed by atoms with Crippen molar-refractivity contribution in [2.75, 3.05) is 17.5 Å². The smallest absolute Gasteiger partial charge is 0.231 e. The third-order valence-electron chi connectivity index (χ3n) is 4.39. The van der Waals surface area contributed by atoms with Crippen LogP contribution in [0.3, 0.4) is 0 Å². The summed E-state index contributed by atoms with van der Waals surface area (Å²) in [6, 6.07) is 0. The summed E-state index contributed by atoms with van der Waals surface area (Å²) in [7, 11) is -1.67. The number of nitrogens with one attached hydrogen (secondary N) is 1. The number of rotatable bonds is 4. The first-order chi connectivity index (χ1) is 11.7. The molecule has 1 aliphatic heterocycles. The molecule has 25 heavy (non-hydrogen) atoms. The normalized spacial score (nSPS) is 14.5. The van der Waals surface area contributed by atoms with E-state index in [0.29, 0.717) is 31.0 Å². The molecule has 0 fully saturated rings. The number of carbonyl (C=O) groups excluding carboxylic acids is 1. The second-order valence-corrected chi connectivity index (χ2v) is 8.06. The molecule has 1 aliphatic rings. The second kappa shape index (κ2) is 6.17. The molecule has 0 saturated heterocycles. The summed E-state index contributed by atoms with van der Waals surface area (Å²) in [4.78, 5) is 14.4. The molecule has 2 aromatic heterocycles. The maximum atomic E-state index is 12.7. The Bertz CT molecular complexity index is 909. The molecule has 3 heterocycles. The monoisotopic (exact) mass is 367 g/mol. The van der Waals surface area contributed by atoms with Crippen LogP contribution in [0.1, 0.15) is 28.3 Å². The topological polar surface area (TPSA) is 110 Å². The highest BCUT2D eigenvalue weighted by Gasteiger charge is 2.28. The van der Waals surface area contributed by atoms with Crippen LogP contribution >= 0.6 is 0 Å². The highest BCUT2D eigenvalue weighted by atomic mass is 32.2. The number of anilines is 1. The number of hydrogen-bond acceptors (Lipinski definition) is 6. The Labute approximate surface area is 146 Å². The number of sulfonamides is 1. The Morgan fingerprint density at radius 3 is 2.68 bits per heavy atom. The Morgan fingerprint density at radius 1 is 1.36 bits per heavy atom. The highest BCUT2D eigenvalue weighted by Crippen LogP contribution is 2.27. The van der Waals surface area contributed by atoms with Crippen LogP contribution in [0, 0.1) is 13.8 Å². The molecule has 9 nitrogen and oxygen atoms in total. The molecule has 0 atom stereocenters. The van der Waals surface area contributed by atoms with Crippen molar-refractivity contribution in [1.29, 1.82) is 0 Å². The third-order valence-corrected chi connectivity index (χ3v) is 4.95. The average Bonchev–Trinajstić information content (AvgIpc) is 2.99. The van der Waals surface area contributed by atoms with Crippen LogP contribution in [0.15, 0.2) is 4.52 Å². The molecule has 0 saturated carbocycles. The lowest BCUT2D eigenvalue weighted by Gasteiger charge is -2.27. The quantitative estimate of drug-likeness (QED) is 0.844. The fraction of sp³-hybridized carbons (Fsp3) is 0.533. The molecule has 136 valence electrons. The highest BCUT2D eigenvalue weighted by molar-refractivity contribution is 7.92. The maximum absolute atomic E-state index is 12.7. The van der Waals surface area contributed by atoms with E-state index >= 15 is 0 Å². The fourth-order valence-corrected chi connectivity index (χ4v) is 3.60. The molecular formula is C15H21N5O4S. The van der Waals surface area contributed by atoms with Gasteiger partial charge in [0.05, 0.1) is 24.9 Å². The van der Waals surface area contributed by atoms with Crippen molar-refractivity contribution in [3.63, 3.8) is 0 Å². The summed E-state index contributed by atoms with van der Waals surface area (Å²) < 4.78 is 32.3. The van der Waals surface area contributed by atoms with Crippen LogP contribution in [0.4, 0.5) is 5.82 Å². The lowest BCUT2D eigenvalue weighted by molar-refractivity contribution is -0.131. The van der Waals surface area contributed by atoms with Crippen LogP contribution < -0.4 is 4.72 Å². The van der Waals surface area contributed by atoms with Gasteiger partial charge in [-0.05, 0) is 13.8 Å². The molecule has 3 rings (SSSR count). The summed E-state index contributed by atoms with van der Waals surface area (Å²) in [6.07, 6.45) is 1.92. The van der Waals surface area contributed by atoms with Crippen molar-refractivity contribution in [1.82, 2.24) is 19.8 Å². The predicted molar refractivity (Wildman–Crippen MR) is 90.5 cm³/mol. The van der Waals surface area contributed by atoms with Gasteiger partial charge in [0.1, 0.15) is 5.76 Å². The molecule has 1 amide bonds. The van der Waals surface area contributed by atoms with Gasteiger partial charge in [-0.25, -0.2) is 8.42 Å². The minimum absolute atomic E-state index is 0.0470. The van der Waals surface area contributed by atoms with Crippen molar-refractivity contribution in [2.45, 2.75) is 33.2 Å². The lowest BCUT2D eigenvalue weighted by atomic mass is 10.0. The Morgan fingerprint density at radius 2 is 2.08 bits per heavy atom. The molecule has 0 bridgehead atoms. The summed E-state index contributed by atoms with van der Waals surface area (Å²) >= 11 is 0. The third kappa shape index (κ3) is 3.53. The van der Waals surface area contributed by atoms with Gasteiger partial charge in [-0.3, -0.25) is 14.2 Å². The maximum Gasteiger partial charge on any atom is 0.231 e. The van der Waals surface area contributed by atoms with E-state index in [0.717, 1.165) is 23.1 Å². The van der Waals surface area contributed by atoms with Crippen molar-refractivity contribution in [2.24, 2.45) is 7.05 Å². The zero-order valence-electron chi connectivity index (χ0n) is 14.7. The number of amides is 1. The van der Waals surface area contributed by atoms with Gasteiger partial charge in [0.2, 0.25) is 15.9 Å². The minimum atomic E-state index is -3.44. The first-order valence-electron chi connectivity index (χ1n) is 7.87. The van der Waals surface area contributed by atoms with Crippen molar-refractivity contribution in [3.8, 4) is 0 Å². The van der Waals surface area contributed by atoms with E-state index in [1.165, 1.54) is 0 Å². The van der Waals surface area contributed by atoms with E-state index in [1.807, 2.05) is 6.92 Å². The van der Waals surface area contributed by atoms with Gasteiger partial charge in [0, 0.05) is 36.8 Å². The van der Waals surface area contributed by atoms with Crippen molar-refractivity contribution in [3.05, 3.63) is 28.3 Å². The number of aryl methyl sites for hydroxylation is 3. The predicted octanol–water partition coefficient (Wildman–Crippen LogP) is 0.524. The van der Waals surface area contributed by atoms with E-state index < -0.39 is 10.0 Å². The first kappa shape index (κ1) is 17.5. The van der Waals surface area contributed by atoms with Crippen LogP contribution in [0.5, 0.6) is 0 Å². The van der Waals surface area contributed by atoms with Gasteiger partial charge in [0.25, 0.3) is 0 Å². The van der Waals surface area contributed by atoms with Crippen LogP contribution in [0.25, 0.3) is 0 Å². The molecule has 0 aliphatic carbocycles. The molecule has 2 aromatic rings. The molecule has 10 heteroatoms. The summed E-state index contributed by atoms with van der Waals surface area (Å²) in [5.41, 5.74) is 3.19. The first-order valence-corrected chi connectivity index (χ1v) is 9.77. The van der Waals surface area contributed by atoms with E-state index in [2.05, 4.69) is 15.0 Å². The number of nitrogens with zero attached hydrogens (tertiary/aromatic N) is 4. The zero-order chi connectivity index (χ0) is 18.4. The average molecular weight is 367 g/mol.